The number of nitrogens with one attached hydrogen (secondary N) is 1. The highest BCUT2D eigenvalue weighted by atomic mass is 32.2. The molecule has 0 spiro atoms. The number of nitrogens with zero attached hydrogens (tertiary/aromatic N) is 2. The van der Waals surface area contributed by atoms with Crippen molar-refractivity contribution in [2.24, 2.45) is 0 Å². The van der Waals surface area contributed by atoms with Crippen molar-refractivity contribution >= 4 is 27.3 Å². The second-order valence-electron chi connectivity index (χ2n) is 5.68. The zero-order valence-electron chi connectivity index (χ0n) is 13.3. The van der Waals surface area contributed by atoms with Crippen LogP contribution in [0.4, 0.5) is 0 Å². The van der Waals surface area contributed by atoms with Gasteiger partial charge in [-0.25, -0.2) is 8.42 Å². The maximum atomic E-state index is 13.0. The van der Waals surface area contributed by atoms with Gasteiger partial charge < -0.3 is 5.32 Å². The molecular weight excluding hydrogens is 346 g/mol. The lowest BCUT2D eigenvalue weighted by molar-refractivity contribution is -0.119. The van der Waals surface area contributed by atoms with Gasteiger partial charge in [0.25, 0.3) is 10.0 Å². The predicted molar refractivity (Wildman–Crippen MR) is 91.9 cm³/mol. The number of amides is 1. The van der Waals surface area contributed by atoms with Crippen LogP contribution in [0.1, 0.15) is 36.2 Å². The molecule has 1 atom stereocenters. The fourth-order valence-corrected chi connectivity index (χ4v) is 5.97. The third-order valence-electron chi connectivity index (χ3n) is 4.01. The lowest BCUT2D eigenvalue weighted by Gasteiger charge is -2.23. The van der Waals surface area contributed by atoms with Gasteiger partial charge in [0, 0.05) is 30.7 Å². The molecule has 1 saturated heterocycles. The smallest absolute Gasteiger partial charge is 0.253 e. The van der Waals surface area contributed by atoms with Crippen LogP contribution in [-0.4, -0.2) is 30.2 Å². The first kappa shape index (κ1) is 17.1. The van der Waals surface area contributed by atoms with Crippen LogP contribution in [0.15, 0.2) is 40.9 Å². The highest BCUT2D eigenvalue weighted by Crippen LogP contribution is 2.37. The first-order chi connectivity index (χ1) is 11.5. The van der Waals surface area contributed by atoms with E-state index in [9.17, 15) is 13.2 Å². The molecule has 1 aliphatic rings. The highest BCUT2D eigenvalue weighted by Gasteiger charge is 2.36. The summed E-state index contributed by atoms with van der Waals surface area (Å²) in [5, 5.41) is 2.69. The Labute approximate surface area is 145 Å². The van der Waals surface area contributed by atoms with E-state index >= 15 is 0 Å². The van der Waals surface area contributed by atoms with Gasteiger partial charge in [-0.2, -0.15) is 4.31 Å². The monoisotopic (exact) mass is 365 g/mol. The molecule has 1 N–H and O–H groups in total. The fourth-order valence-electron chi connectivity index (χ4n) is 2.87. The topological polar surface area (TPSA) is 79.4 Å². The average Bonchev–Trinajstić information content (AvgIpc) is 3.23. The van der Waals surface area contributed by atoms with Gasteiger partial charge in [0.15, 0.2) is 0 Å². The Morgan fingerprint density at radius 1 is 1.33 bits per heavy atom. The Morgan fingerprint density at radius 2 is 2.08 bits per heavy atom. The van der Waals surface area contributed by atoms with Crippen LogP contribution in [0.5, 0.6) is 0 Å². The van der Waals surface area contributed by atoms with E-state index < -0.39 is 10.0 Å². The standard InChI is InChI=1S/C16H19N3O3S2/c1-12(20)18-11-14-4-5-16(23-14)24(21,22)19-10-2-3-15(19)13-6-8-17-9-7-13/h4-9,15H,2-3,10-11H2,1H3,(H,18,20). The quantitative estimate of drug-likeness (QED) is 0.882. The van der Waals surface area contributed by atoms with E-state index in [-0.39, 0.29) is 11.9 Å². The summed E-state index contributed by atoms with van der Waals surface area (Å²) in [5.41, 5.74) is 0.973. The molecule has 3 heterocycles. The number of pyridine rings is 1. The Bertz CT molecular complexity index is 818. The number of rotatable bonds is 5. The van der Waals surface area contributed by atoms with Crippen molar-refractivity contribution in [3.8, 4) is 0 Å². The minimum Gasteiger partial charge on any atom is -0.351 e. The first-order valence-corrected chi connectivity index (χ1v) is 9.99. The fraction of sp³-hybridized carbons (Fsp3) is 0.375. The summed E-state index contributed by atoms with van der Waals surface area (Å²) in [5.74, 6) is -0.134. The lowest BCUT2D eigenvalue weighted by Crippen LogP contribution is -2.30. The van der Waals surface area contributed by atoms with Gasteiger partial charge in [-0.1, -0.05) is 0 Å². The van der Waals surface area contributed by atoms with E-state index in [0.29, 0.717) is 17.3 Å². The summed E-state index contributed by atoms with van der Waals surface area (Å²) in [6.45, 7) is 2.31. The molecule has 1 fully saturated rings. The Kier molecular flexibility index (Phi) is 4.98. The molecule has 0 radical (unpaired) electrons. The van der Waals surface area contributed by atoms with Gasteiger partial charge >= 0.3 is 0 Å². The maximum Gasteiger partial charge on any atom is 0.253 e. The third-order valence-corrected chi connectivity index (χ3v) is 7.47. The normalized spacial score (nSPS) is 18.6. The van der Waals surface area contributed by atoms with Crippen LogP contribution < -0.4 is 5.32 Å². The van der Waals surface area contributed by atoms with Gasteiger partial charge in [0.2, 0.25) is 5.91 Å². The Hall–Kier alpha value is -1.77. The molecule has 24 heavy (non-hydrogen) atoms. The minimum atomic E-state index is -3.54. The summed E-state index contributed by atoms with van der Waals surface area (Å²) in [7, 11) is -3.54. The van der Waals surface area contributed by atoms with Crippen molar-refractivity contribution in [1.82, 2.24) is 14.6 Å². The maximum absolute atomic E-state index is 13.0. The van der Waals surface area contributed by atoms with Crippen molar-refractivity contribution in [2.75, 3.05) is 6.54 Å². The number of hydrogen-bond donors (Lipinski definition) is 1. The SMILES string of the molecule is CC(=O)NCc1ccc(S(=O)(=O)N2CCCC2c2ccncc2)s1. The Morgan fingerprint density at radius 3 is 2.79 bits per heavy atom. The van der Waals surface area contributed by atoms with Crippen molar-refractivity contribution < 1.29 is 13.2 Å². The van der Waals surface area contributed by atoms with Crippen LogP contribution in [0, 0.1) is 0 Å². The van der Waals surface area contributed by atoms with E-state index in [4.69, 9.17) is 0 Å². The van der Waals surface area contributed by atoms with Gasteiger partial charge in [-0.05, 0) is 42.7 Å². The lowest BCUT2D eigenvalue weighted by atomic mass is 10.1. The largest absolute Gasteiger partial charge is 0.351 e. The summed E-state index contributed by atoms with van der Waals surface area (Å²) < 4.78 is 27.9. The van der Waals surface area contributed by atoms with E-state index in [1.54, 1.807) is 28.8 Å². The van der Waals surface area contributed by atoms with E-state index in [1.165, 1.54) is 18.3 Å². The molecule has 2 aromatic heterocycles. The first-order valence-electron chi connectivity index (χ1n) is 7.73. The van der Waals surface area contributed by atoms with Crippen molar-refractivity contribution in [1.29, 1.82) is 0 Å². The predicted octanol–water partition coefficient (Wildman–Crippen LogP) is 2.31. The van der Waals surface area contributed by atoms with Crippen molar-refractivity contribution in [3.63, 3.8) is 0 Å². The summed E-state index contributed by atoms with van der Waals surface area (Å²) in [6.07, 6.45) is 5.04. The summed E-state index contributed by atoms with van der Waals surface area (Å²) >= 11 is 1.21. The molecule has 1 unspecified atom stereocenters. The average molecular weight is 365 g/mol. The number of sulfonamides is 1. The molecule has 3 rings (SSSR count). The van der Waals surface area contributed by atoms with Crippen molar-refractivity contribution in [3.05, 3.63) is 47.1 Å². The second-order valence-corrected chi connectivity index (χ2v) is 8.97. The van der Waals surface area contributed by atoms with Crippen LogP contribution in [0.25, 0.3) is 0 Å². The van der Waals surface area contributed by atoms with E-state index in [1.807, 2.05) is 12.1 Å². The summed E-state index contributed by atoms with van der Waals surface area (Å²) in [4.78, 5) is 15.8. The van der Waals surface area contributed by atoms with E-state index in [2.05, 4.69) is 10.3 Å². The van der Waals surface area contributed by atoms with Gasteiger partial charge in [-0.3, -0.25) is 9.78 Å². The zero-order valence-corrected chi connectivity index (χ0v) is 14.9. The number of carbonyl (C=O) groups is 1. The Balaban J connectivity index is 1.83. The summed E-state index contributed by atoms with van der Waals surface area (Å²) in [6, 6.07) is 6.98. The third kappa shape index (κ3) is 3.50. The molecule has 6 nitrogen and oxygen atoms in total. The minimum absolute atomic E-state index is 0.134. The number of aromatic nitrogens is 1. The molecule has 0 saturated carbocycles. The molecule has 2 aromatic rings. The number of thiophene rings is 1. The molecule has 0 bridgehead atoms. The zero-order chi connectivity index (χ0) is 17.2. The number of carbonyl (C=O) groups excluding carboxylic acids is 1. The molecular formula is C16H19N3O3S2. The van der Waals surface area contributed by atoms with Gasteiger partial charge in [-0.15, -0.1) is 11.3 Å². The van der Waals surface area contributed by atoms with Crippen LogP contribution in [0.3, 0.4) is 0 Å². The molecule has 0 aromatic carbocycles. The van der Waals surface area contributed by atoms with Gasteiger partial charge in [0.1, 0.15) is 4.21 Å². The van der Waals surface area contributed by atoms with Crippen LogP contribution in [0.2, 0.25) is 0 Å². The van der Waals surface area contributed by atoms with Crippen LogP contribution in [-0.2, 0) is 21.4 Å². The number of hydrogen-bond acceptors (Lipinski definition) is 5. The van der Waals surface area contributed by atoms with E-state index in [0.717, 1.165) is 23.3 Å². The van der Waals surface area contributed by atoms with Crippen molar-refractivity contribution in [2.45, 2.75) is 36.6 Å². The second kappa shape index (κ2) is 7.00. The highest BCUT2D eigenvalue weighted by molar-refractivity contribution is 7.91. The molecule has 128 valence electrons. The molecule has 1 aliphatic heterocycles. The molecule has 8 heteroatoms. The molecule has 0 aliphatic carbocycles. The van der Waals surface area contributed by atoms with Gasteiger partial charge in [0.05, 0.1) is 12.6 Å². The van der Waals surface area contributed by atoms with Crippen LogP contribution >= 0.6 is 11.3 Å². The molecule has 1 amide bonds.